The number of hydrogen-bond donors (Lipinski definition) is 2. The number of carbonyl (C=O) groups is 1. The Kier molecular flexibility index (Phi) is 7.40. The van der Waals surface area contributed by atoms with Gasteiger partial charge in [0, 0.05) is 58.0 Å². The average molecular weight is 425 g/mol. The number of morpholine rings is 1. The summed E-state index contributed by atoms with van der Waals surface area (Å²) in [6.07, 6.45) is 0. The van der Waals surface area contributed by atoms with Gasteiger partial charge in [-0.3, -0.25) is 14.6 Å². The second-order valence-corrected chi connectivity index (χ2v) is 8.21. The zero-order valence-corrected chi connectivity index (χ0v) is 18.0. The highest BCUT2D eigenvalue weighted by atomic mass is 16.5. The largest absolute Gasteiger partial charge is 0.508 e. The second-order valence-electron chi connectivity index (χ2n) is 8.21. The summed E-state index contributed by atoms with van der Waals surface area (Å²) < 4.78 is 5.44. The van der Waals surface area contributed by atoms with Gasteiger partial charge in [-0.2, -0.15) is 0 Å². The molecule has 0 aromatic heterocycles. The van der Waals surface area contributed by atoms with Gasteiger partial charge in [-0.15, -0.1) is 0 Å². The summed E-state index contributed by atoms with van der Waals surface area (Å²) in [7, 11) is 0. The molecule has 2 aromatic rings. The number of amides is 1. The Morgan fingerprint density at radius 2 is 1.55 bits per heavy atom. The summed E-state index contributed by atoms with van der Waals surface area (Å²) in [5, 5.41) is 12.6. The van der Waals surface area contributed by atoms with Crippen LogP contribution in [-0.4, -0.2) is 79.8 Å². The summed E-state index contributed by atoms with van der Waals surface area (Å²) in [6.45, 7) is 8.83. The molecule has 2 aliphatic heterocycles. The van der Waals surface area contributed by atoms with Crippen molar-refractivity contribution in [1.82, 2.24) is 15.1 Å². The quantitative estimate of drug-likeness (QED) is 0.705. The highest BCUT2D eigenvalue weighted by molar-refractivity contribution is 5.78. The van der Waals surface area contributed by atoms with E-state index < -0.39 is 0 Å². The minimum atomic E-state index is 0.0688. The molecule has 0 unspecified atom stereocenters. The van der Waals surface area contributed by atoms with Crippen molar-refractivity contribution in [2.45, 2.75) is 13.1 Å². The molecule has 2 saturated heterocycles. The number of nitrogens with zero attached hydrogens (tertiary/aromatic N) is 3. The summed E-state index contributed by atoms with van der Waals surface area (Å²) in [5.74, 6) is 0.352. The molecule has 31 heavy (non-hydrogen) atoms. The molecule has 7 heteroatoms. The summed E-state index contributed by atoms with van der Waals surface area (Å²) >= 11 is 0. The summed E-state index contributed by atoms with van der Waals surface area (Å²) in [5.41, 5.74) is 3.56. The third kappa shape index (κ3) is 6.19. The van der Waals surface area contributed by atoms with Gasteiger partial charge in [0.25, 0.3) is 0 Å². The van der Waals surface area contributed by atoms with Crippen molar-refractivity contribution in [1.29, 1.82) is 0 Å². The van der Waals surface area contributed by atoms with Crippen LogP contribution in [0.1, 0.15) is 11.1 Å². The minimum absolute atomic E-state index is 0.0688. The average Bonchev–Trinajstić information content (AvgIpc) is 2.80. The first kappa shape index (κ1) is 21.6. The topological polar surface area (TPSA) is 68.3 Å². The molecule has 2 fully saturated rings. The van der Waals surface area contributed by atoms with Gasteiger partial charge < -0.3 is 20.1 Å². The second kappa shape index (κ2) is 10.6. The van der Waals surface area contributed by atoms with E-state index in [9.17, 15) is 9.90 Å². The number of rotatable bonds is 7. The lowest BCUT2D eigenvalue weighted by Crippen LogP contribution is -2.49. The molecule has 1 amide bonds. The Balaban J connectivity index is 1.22. The molecule has 7 nitrogen and oxygen atoms in total. The summed E-state index contributed by atoms with van der Waals surface area (Å²) in [4.78, 5) is 19.4. The van der Waals surface area contributed by atoms with Crippen molar-refractivity contribution in [3.05, 3.63) is 59.7 Å². The van der Waals surface area contributed by atoms with Gasteiger partial charge in [0.05, 0.1) is 19.8 Å². The molecule has 0 spiro atoms. The first-order valence-corrected chi connectivity index (χ1v) is 11.1. The Labute approximate surface area is 184 Å². The molecule has 166 valence electrons. The van der Waals surface area contributed by atoms with Crippen LogP contribution in [-0.2, 0) is 22.6 Å². The predicted molar refractivity (Wildman–Crippen MR) is 121 cm³/mol. The Morgan fingerprint density at radius 1 is 0.871 bits per heavy atom. The van der Waals surface area contributed by atoms with Crippen molar-refractivity contribution >= 4 is 11.6 Å². The van der Waals surface area contributed by atoms with E-state index in [4.69, 9.17) is 4.74 Å². The molecule has 0 aliphatic carbocycles. The van der Waals surface area contributed by atoms with Gasteiger partial charge in [0.1, 0.15) is 5.75 Å². The Morgan fingerprint density at radius 3 is 2.26 bits per heavy atom. The van der Waals surface area contributed by atoms with E-state index in [2.05, 4.69) is 38.2 Å². The number of phenolic OH excluding ortho intramolecular Hbond substituents is 1. The molecule has 2 aromatic carbocycles. The maximum absolute atomic E-state index is 12.6. The normalized spacial score (nSPS) is 18.1. The van der Waals surface area contributed by atoms with Crippen molar-refractivity contribution in [3.8, 4) is 5.75 Å². The number of aromatic hydroxyl groups is 1. The molecule has 2 aliphatic rings. The van der Waals surface area contributed by atoms with E-state index in [1.165, 1.54) is 11.1 Å². The maximum Gasteiger partial charge on any atom is 0.234 e. The fraction of sp³-hybridized carbons (Fsp3) is 0.458. The van der Waals surface area contributed by atoms with Gasteiger partial charge in [-0.25, -0.2) is 0 Å². The number of piperazine rings is 1. The molecule has 2 heterocycles. The number of carbonyl (C=O) groups excluding carboxylic acids is 1. The van der Waals surface area contributed by atoms with Crippen molar-refractivity contribution < 1.29 is 14.6 Å². The van der Waals surface area contributed by atoms with Gasteiger partial charge in [-0.1, -0.05) is 24.3 Å². The molecule has 0 radical (unpaired) electrons. The molecule has 0 bridgehead atoms. The van der Waals surface area contributed by atoms with Gasteiger partial charge >= 0.3 is 0 Å². The smallest absolute Gasteiger partial charge is 0.234 e. The molecule has 0 atom stereocenters. The van der Waals surface area contributed by atoms with Crippen LogP contribution in [0.25, 0.3) is 0 Å². The van der Waals surface area contributed by atoms with E-state index >= 15 is 0 Å². The summed E-state index contributed by atoms with van der Waals surface area (Å²) in [6, 6.07) is 15.7. The monoisotopic (exact) mass is 424 g/mol. The molecular weight excluding hydrogens is 392 g/mol. The zero-order valence-electron chi connectivity index (χ0n) is 18.0. The zero-order chi connectivity index (χ0) is 21.5. The van der Waals surface area contributed by atoms with Gasteiger partial charge in [-0.05, 0) is 35.4 Å². The first-order chi connectivity index (χ1) is 15.2. The van der Waals surface area contributed by atoms with E-state index in [1.807, 2.05) is 18.2 Å². The van der Waals surface area contributed by atoms with E-state index in [-0.39, 0.29) is 11.7 Å². The predicted octanol–water partition coefficient (Wildman–Crippen LogP) is 1.66. The lowest BCUT2D eigenvalue weighted by molar-refractivity contribution is -0.122. The standard InChI is InChI=1S/C24H32N4O3/c29-23-7-5-22(6-8-23)28-11-9-26(10-12-28)19-24(30)25-17-20-3-1-2-4-21(20)18-27-13-15-31-16-14-27/h1-8,29H,9-19H2,(H,25,30). The molecule has 2 N–H and O–H groups in total. The van der Waals surface area contributed by atoms with Gasteiger partial charge in [0.2, 0.25) is 5.91 Å². The van der Waals surface area contributed by atoms with Crippen LogP contribution in [0.2, 0.25) is 0 Å². The van der Waals surface area contributed by atoms with Crippen molar-refractivity contribution in [3.63, 3.8) is 0 Å². The van der Waals surface area contributed by atoms with Crippen LogP contribution in [0.3, 0.4) is 0 Å². The minimum Gasteiger partial charge on any atom is -0.508 e. The highest BCUT2D eigenvalue weighted by Crippen LogP contribution is 2.19. The first-order valence-electron chi connectivity index (χ1n) is 11.1. The van der Waals surface area contributed by atoms with E-state index in [0.717, 1.165) is 64.7 Å². The van der Waals surface area contributed by atoms with Crippen LogP contribution in [0.15, 0.2) is 48.5 Å². The fourth-order valence-corrected chi connectivity index (χ4v) is 4.16. The van der Waals surface area contributed by atoms with Crippen LogP contribution in [0.4, 0.5) is 5.69 Å². The van der Waals surface area contributed by atoms with Crippen LogP contribution >= 0.6 is 0 Å². The lowest BCUT2D eigenvalue weighted by atomic mass is 10.1. The van der Waals surface area contributed by atoms with E-state index in [0.29, 0.717) is 13.1 Å². The highest BCUT2D eigenvalue weighted by Gasteiger charge is 2.19. The SMILES string of the molecule is O=C(CN1CCN(c2ccc(O)cc2)CC1)NCc1ccccc1CN1CCOCC1. The third-order valence-corrected chi connectivity index (χ3v) is 6.05. The molecular formula is C24H32N4O3. The number of anilines is 1. The number of benzene rings is 2. The van der Waals surface area contributed by atoms with Gasteiger partial charge in [0.15, 0.2) is 0 Å². The molecule has 4 rings (SSSR count). The number of phenols is 1. The van der Waals surface area contributed by atoms with Crippen LogP contribution < -0.4 is 10.2 Å². The van der Waals surface area contributed by atoms with Crippen molar-refractivity contribution in [2.24, 2.45) is 0 Å². The maximum atomic E-state index is 12.6. The van der Waals surface area contributed by atoms with E-state index in [1.54, 1.807) is 12.1 Å². The molecule has 0 saturated carbocycles. The van der Waals surface area contributed by atoms with Crippen molar-refractivity contribution in [2.75, 3.05) is 63.9 Å². The number of ether oxygens (including phenoxy) is 1. The Bertz CT molecular complexity index is 844. The Hall–Kier alpha value is -2.61. The number of nitrogens with one attached hydrogen (secondary N) is 1. The van der Waals surface area contributed by atoms with Crippen LogP contribution in [0.5, 0.6) is 5.75 Å². The fourth-order valence-electron chi connectivity index (χ4n) is 4.16. The number of hydrogen-bond acceptors (Lipinski definition) is 6. The third-order valence-electron chi connectivity index (χ3n) is 6.05. The lowest BCUT2D eigenvalue weighted by Gasteiger charge is -2.35. The van der Waals surface area contributed by atoms with Crippen LogP contribution in [0, 0.1) is 0 Å².